The van der Waals surface area contributed by atoms with Crippen LogP contribution in [0, 0.1) is 0 Å². The molecule has 3 aromatic rings. The van der Waals surface area contributed by atoms with Gasteiger partial charge in [-0.3, -0.25) is 4.79 Å². The Morgan fingerprint density at radius 1 is 1.14 bits per heavy atom. The fourth-order valence-corrected chi connectivity index (χ4v) is 3.13. The highest BCUT2D eigenvalue weighted by Crippen LogP contribution is 2.34. The lowest BCUT2D eigenvalue weighted by Crippen LogP contribution is -2.08. The lowest BCUT2D eigenvalue weighted by molar-refractivity contribution is 0.174. The second-order valence-corrected chi connectivity index (χ2v) is 5.83. The van der Waals surface area contributed by atoms with Crippen LogP contribution >= 0.6 is 11.8 Å². The third-order valence-corrected chi connectivity index (χ3v) is 4.35. The Morgan fingerprint density at radius 3 is 2.95 bits per heavy atom. The van der Waals surface area contributed by atoms with Gasteiger partial charge in [-0.05, 0) is 29.8 Å². The molecule has 1 aliphatic heterocycles. The van der Waals surface area contributed by atoms with Crippen LogP contribution in [0.5, 0.6) is 11.5 Å². The monoisotopic (exact) mass is 312 g/mol. The summed E-state index contributed by atoms with van der Waals surface area (Å²) < 4.78 is 10.7. The summed E-state index contributed by atoms with van der Waals surface area (Å²) in [4.78, 5) is 19.3. The third kappa shape index (κ3) is 2.42. The molecule has 0 bridgehead atoms. The summed E-state index contributed by atoms with van der Waals surface area (Å²) in [5, 5.41) is 1.22. The van der Waals surface area contributed by atoms with Crippen molar-refractivity contribution in [3.05, 3.63) is 58.4 Å². The molecule has 110 valence electrons. The van der Waals surface area contributed by atoms with Crippen molar-refractivity contribution in [3.8, 4) is 11.5 Å². The van der Waals surface area contributed by atoms with E-state index in [0.29, 0.717) is 21.8 Å². The van der Waals surface area contributed by atoms with E-state index >= 15 is 0 Å². The standard InChI is InChI=1S/C16H12N2O3S/c19-15-11-3-1-2-4-12(11)17-16(18-15)22-8-10-5-6-13-14(7-10)21-9-20-13/h1-7H,8-9H2,(H,17,18,19). The molecule has 1 aliphatic rings. The normalized spacial score (nSPS) is 12.7. The first-order valence-electron chi connectivity index (χ1n) is 6.80. The Kier molecular flexibility index (Phi) is 3.23. The maximum atomic E-state index is 12.0. The number of hydrogen-bond donors (Lipinski definition) is 1. The van der Waals surface area contributed by atoms with Gasteiger partial charge in [-0.25, -0.2) is 4.98 Å². The Bertz CT molecular complexity index is 907. The van der Waals surface area contributed by atoms with Crippen LogP contribution in [0.2, 0.25) is 0 Å². The van der Waals surface area contributed by atoms with E-state index in [2.05, 4.69) is 9.97 Å². The SMILES string of the molecule is O=c1[nH]c(SCc2ccc3c(c2)OCO3)nc2ccccc12. The molecule has 0 saturated heterocycles. The molecule has 0 saturated carbocycles. The lowest BCUT2D eigenvalue weighted by Gasteiger charge is -2.04. The van der Waals surface area contributed by atoms with Gasteiger partial charge >= 0.3 is 0 Å². The van der Waals surface area contributed by atoms with Crippen molar-refractivity contribution in [2.75, 3.05) is 6.79 Å². The van der Waals surface area contributed by atoms with Crippen molar-refractivity contribution in [2.45, 2.75) is 10.9 Å². The molecule has 0 amide bonds. The van der Waals surface area contributed by atoms with Crippen molar-refractivity contribution in [3.63, 3.8) is 0 Å². The Morgan fingerprint density at radius 2 is 2.00 bits per heavy atom. The minimum Gasteiger partial charge on any atom is -0.454 e. The first kappa shape index (κ1) is 13.2. The summed E-state index contributed by atoms with van der Waals surface area (Å²) in [6.45, 7) is 0.269. The number of aromatic amines is 1. The summed E-state index contributed by atoms with van der Waals surface area (Å²) in [5.74, 6) is 2.22. The van der Waals surface area contributed by atoms with Gasteiger partial charge < -0.3 is 14.5 Å². The lowest BCUT2D eigenvalue weighted by atomic mass is 10.2. The predicted octanol–water partition coefficient (Wildman–Crippen LogP) is 2.94. The fourth-order valence-electron chi connectivity index (χ4n) is 2.32. The molecule has 0 spiro atoms. The van der Waals surface area contributed by atoms with E-state index < -0.39 is 0 Å². The summed E-state index contributed by atoms with van der Waals surface area (Å²) in [5.41, 5.74) is 1.68. The number of nitrogens with one attached hydrogen (secondary N) is 1. The van der Waals surface area contributed by atoms with E-state index in [4.69, 9.17) is 9.47 Å². The van der Waals surface area contributed by atoms with E-state index in [9.17, 15) is 4.79 Å². The first-order chi connectivity index (χ1) is 10.8. The van der Waals surface area contributed by atoms with Gasteiger partial charge in [0, 0.05) is 5.75 Å². The van der Waals surface area contributed by atoms with Crippen LogP contribution in [-0.2, 0) is 5.75 Å². The van der Waals surface area contributed by atoms with E-state index in [1.165, 1.54) is 11.8 Å². The van der Waals surface area contributed by atoms with Crippen molar-refractivity contribution < 1.29 is 9.47 Å². The molecule has 0 unspecified atom stereocenters. The maximum absolute atomic E-state index is 12.0. The number of rotatable bonds is 3. The predicted molar refractivity (Wildman–Crippen MR) is 84.5 cm³/mol. The number of para-hydroxylation sites is 1. The zero-order valence-corrected chi connectivity index (χ0v) is 12.4. The molecule has 1 N–H and O–H groups in total. The summed E-state index contributed by atoms with van der Waals surface area (Å²) >= 11 is 1.48. The van der Waals surface area contributed by atoms with E-state index in [1.54, 1.807) is 6.07 Å². The van der Waals surface area contributed by atoms with Gasteiger partial charge in [0.25, 0.3) is 5.56 Å². The van der Waals surface area contributed by atoms with Crippen LogP contribution in [0.1, 0.15) is 5.56 Å². The van der Waals surface area contributed by atoms with E-state index in [-0.39, 0.29) is 12.4 Å². The molecule has 0 radical (unpaired) electrons. The number of fused-ring (bicyclic) bond motifs is 2. The molecular formula is C16H12N2O3S. The van der Waals surface area contributed by atoms with Crippen LogP contribution < -0.4 is 15.0 Å². The number of ether oxygens (including phenoxy) is 2. The fraction of sp³-hybridized carbons (Fsp3) is 0.125. The van der Waals surface area contributed by atoms with Gasteiger partial charge in [-0.1, -0.05) is 30.0 Å². The molecule has 2 heterocycles. The number of nitrogens with zero attached hydrogens (tertiary/aromatic N) is 1. The van der Waals surface area contributed by atoms with Gasteiger partial charge in [0.15, 0.2) is 16.7 Å². The average molecular weight is 312 g/mol. The van der Waals surface area contributed by atoms with Gasteiger partial charge in [-0.15, -0.1) is 0 Å². The van der Waals surface area contributed by atoms with E-state index in [1.807, 2.05) is 36.4 Å². The number of H-pyrrole nitrogens is 1. The number of benzene rings is 2. The molecule has 5 nitrogen and oxygen atoms in total. The highest BCUT2D eigenvalue weighted by atomic mass is 32.2. The maximum Gasteiger partial charge on any atom is 0.259 e. The molecule has 4 rings (SSSR count). The molecule has 6 heteroatoms. The molecule has 0 atom stereocenters. The van der Waals surface area contributed by atoms with Gasteiger partial charge in [0.05, 0.1) is 10.9 Å². The zero-order valence-electron chi connectivity index (χ0n) is 11.5. The summed E-state index contributed by atoms with van der Waals surface area (Å²) in [6.07, 6.45) is 0. The van der Waals surface area contributed by atoms with Gasteiger partial charge in [-0.2, -0.15) is 0 Å². The topological polar surface area (TPSA) is 64.2 Å². The Labute approximate surface area is 130 Å². The Hall–Kier alpha value is -2.47. The largest absolute Gasteiger partial charge is 0.454 e. The second kappa shape index (κ2) is 5.38. The van der Waals surface area contributed by atoms with Crippen molar-refractivity contribution in [2.24, 2.45) is 0 Å². The number of aromatic nitrogens is 2. The van der Waals surface area contributed by atoms with Crippen LogP contribution in [-0.4, -0.2) is 16.8 Å². The minimum atomic E-state index is -0.112. The second-order valence-electron chi connectivity index (χ2n) is 4.86. The van der Waals surface area contributed by atoms with Gasteiger partial charge in [0.2, 0.25) is 6.79 Å². The van der Waals surface area contributed by atoms with Crippen molar-refractivity contribution in [1.29, 1.82) is 0 Å². The first-order valence-corrected chi connectivity index (χ1v) is 7.78. The van der Waals surface area contributed by atoms with Crippen molar-refractivity contribution in [1.82, 2.24) is 9.97 Å². The van der Waals surface area contributed by atoms with Crippen LogP contribution in [0.3, 0.4) is 0 Å². The van der Waals surface area contributed by atoms with Gasteiger partial charge in [0.1, 0.15) is 0 Å². The average Bonchev–Trinajstić information content (AvgIpc) is 3.00. The molecule has 0 aliphatic carbocycles. The van der Waals surface area contributed by atoms with Crippen LogP contribution in [0.25, 0.3) is 10.9 Å². The smallest absolute Gasteiger partial charge is 0.259 e. The van der Waals surface area contributed by atoms with Crippen molar-refractivity contribution >= 4 is 22.7 Å². The van der Waals surface area contributed by atoms with Crippen LogP contribution in [0.4, 0.5) is 0 Å². The number of thioether (sulfide) groups is 1. The summed E-state index contributed by atoms with van der Waals surface area (Å²) in [6, 6.07) is 13.2. The van der Waals surface area contributed by atoms with Crippen LogP contribution in [0.15, 0.2) is 52.4 Å². The molecule has 0 fully saturated rings. The number of hydrogen-bond acceptors (Lipinski definition) is 5. The molecule has 22 heavy (non-hydrogen) atoms. The Balaban J connectivity index is 1.58. The summed E-state index contributed by atoms with van der Waals surface area (Å²) in [7, 11) is 0. The highest BCUT2D eigenvalue weighted by Gasteiger charge is 2.13. The molecule has 2 aromatic carbocycles. The minimum absolute atomic E-state index is 0.112. The van der Waals surface area contributed by atoms with E-state index in [0.717, 1.165) is 17.1 Å². The highest BCUT2D eigenvalue weighted by molar-refractivity contribution is 7.98. The molecule has 1 aromatic heterocycles. The third-order valence-electron chi connectivity index (χ3n) is 3.40. The molecular weight excluding hydrogens is 300 g/mol. The zero-order chi connectivity index (χ0) is 14.9. The quantitative estimate of drug-likeness (QED) is 0.595.